The van der Waals surface area contributed by atoms with Crippen molar-refractivity contribution in [2.45, 2.75) is 19.9 Å². The molecule has 0 bridgehead atoms. The van der Waals surface area contributed by atoms with Crippen molar-refractivity contribution in [3.05, 3.63) is 28.8 Å². The highest BCUT2D eigenvalue weighted by Gasteiger charge is 2.22. The molecule has 4 nitrogen and oxygen atoms in total. The maximum atomic E-state index is 13.2. The van der Waals surface area contributed by atoms with Gasteiger partial charge in [-0.2, -0.15) is 0 Å². The van der Waals surface area contributed by atoms with Crippen molar-refractivity contribution in [3.8, 4) is 0 Å². The van der Waals surface area contributed by atoms with E-state index in [1.165, 1.54) is 0 Å². The number of nitrogens with zero attached hydrogens (tertiary/aromatic N) is 1. The van der Waals surface area contributed by atoms with Crippen molar-refractivity contribution < 1.29 is 22.7 Å². The number of carbonyl (C=O) groups excluding carboxylic acids is 1. The normalized spacial score (nSPS) is 10.7. The van der Waals surface area contributed by atoms with E-state index < -0.39 is 23.9 Å². The molecule has 0 atom stereocenters. The summed E-state index contributed by atoms with van der Waals surface area (Å²) in [5.41, 5.74) is 3.86. The molecule has 1 rings (SSSR count). The summed E-state index contributed by atoms with van der Waals surface area (Å²) in [5.74, 6) is -2.08. The zero-order valence-corrected chi connectivity index (χ0v) is 9.04. The number of aromatic nitrogens is 1. The third kappa shape index (κ3) is 2.94. The summed E-state index contributed by atoms with van der Waals surface area (Å²) in [6, 6.07) is 0.779. The van der Waals surface area contributed by atoms with Crippen molar-refractivity contribution in [2.75, 3.05) is 6.61 Å². The lowest BCUT2D eigenvalue weighted by Crippen LogP contribution is -2.15. The zero-order chi connectivity index (χ0) is 13.0. The van der Waals surface area contributed by atoms with Crippen molar-refractivity contribution in [1.82, 2.24) is 4.98 Å². The van der Waals surface area contributed by atoms with Gasteiger partial charge in [-0.25, -0.2) is 22.9 Å². The molecule has 94 valence electrons. The van der Waals surface area contributed by atoms with Crippen molar-refractivity contribution in [2.24, 2.45) is 5.73 Å². The zero-order valence-electron chi connectivity index (χ0n) is 9.04. The lowest BCUT2D eigenvalue weighted by atomic mass is 10.1. The second-order valence-electron chi connectivity index (χ2n) is 3.09. The lowest BCUT2D eigenvalue weighted by molar-refractivity contribution is 0.0516. The fourth-order valence-corrected chi connectivity index (χ4v) is 1.23. The predicted molar refractivity (Wildman–Crippen MR) is 53.0 cm³/mol. The Morgan fingerprint density at radius 2 is 2.24 bits per heavy atom. The highest BCUT2D eigenvalue weighted by Crippen LogP contribution is 2.22. The molecule has 0 amide bonds. The van der Waals surface area contributed by atoms with Crippen LogP contribution >= 0.6 is 0 Å². The summed E-state index contributed by atoms with van der Waals surface area (Å²) in [4.78, 5) is 14.7. The topological polar surface area (TPSA) is 65.2 Å². The van der Waals surface area contributed by atoms with Crippen LogP contribution in [0, 0.1) is 5.82 Å². The molecule has 0 radical (unpaired) electrons. The van der Waals surface area contributed by atoms with Gasteiger partial charge in [0.05, 0.1) is 6.61 Å². The molecule has 0 fully saturated rings. The monoisotopic (exact) mass is 248 g/mol. The van der Waals surface area contributed by atoms with E-state index in [4.69, 9.17) is 5.73 Å². The Morgan fingerprint density at radius 1 is 1.59 bits per heavy atom. The van der Waals surface area contributed by atoms with Gasteiger partial charge >= 0.3 is 5.97 Å². The number of hydrogen-bond donors (Lipinski definition) is 1. The van der Waals surface area contributed by atoms with Gasteiger partial charge in [-0.1, -0.05) is 0 Å². The van der Waals surface area contributed by atoms with E-state index >= 15 is 0 Å². The van der Waals surface area contributed by atoms with Gasteiger partial charge in [0.1, 0.15) is 5.69 Å². The van der Waals surface area contributed by atoms with E-state index in [2.05, 4.69) is 9.72 Å². The molecule has 2 N–H and O–H groups in total. The summed E-state index contributed by atoms with van der Waals surface area (Å²) in [7, 11) is 0. The smallest absolute Gasteiger partial charge is 0.357 e. The molecule has 0 saturated carbocycles. The molecule has 0 spiro atoms. The van der Waals surface area contributed by atoms with Crippen LogP contribution in [0.4, 0.5) is 13.2 Å². The van der Waals surface area contributed by atoms with Crippen LogP contribution in [-0.4, -0.2) is 17.6 Å². The quantitative estimate of drug-likeness (QED) is 0.825. The van der Waals surface area contributed by atoms with Gasteiger partial charge in [-0.05, 0) is 13.0 Å². The molecule has 0 aliphatic carbocycles. The molecule has 0 unspecified atom stereocenters. The van der Waals surface area contributed by atoms with Crippen LogP contribution in [0.25, 0.3) is 0 Å². The summed E-state index contributed by atoms with van der Waals surface area (Å²) in [5, 5.41) is 0. The van der Waals surface area contributed by atoms with Crippen molar-refractivity contribution >= 4 is 5.97 Å². The van der Waals surface area contributed by atoms with E-state index in [1.807, 2.05) is 0 Å². The molecule has 1 aromatic heterocycles. The minimum absolute atomic E-state index is 0.0327. The number of nitrogens with two attached hydrogens (primary N) is 1. The SMILES string of the molecule is CCOC(=O)c1nc(C(F)F)c(F)cc1CN. The first-order valence-corrected chi connectivity index (χ1v) is 4.85. The van der Waals surface area contributed by atoms with E-state index in [0.29, 0.717) is 0 Å². The van der Waals surface area contributed by atoms with Crippen molar-refractivity contribution in [3.63, 3.8) is 0 Å². The molecule has 0 aromatic carbocycles. The Morgan fingerprint density at radius 3 is 2.71 bits per heavy atom. The summed E-state index contributed by atoms with van der Waals surface area (Å²) in [6.45, 7) is 1.42. The summed E-state index contributed by atoms with van der Waals surface area (Å²) in [6.07, 6.45) is -3.10. The van der Waals surface area contributed by atoms with E-state index in [-0.39, 0.29) is 24.4 Å². The minimum Gasteiger partial charge on any atom is -0.461 e. The maximum Gasteiger partial charge on any atom is 0.357 e. The standard InChI is InChI=1S/C10H11F3N2O2/c1-2-17-10(16)7-5(4-14)3-6(11)8(15-7)9(12)13/h3,9H,2,4,14H2,1H3. The molecule has 7 heteroatoms. The molecular weight excluding hydrogens is 237 g/mol. The molecule has 0 saturated heterocycles. The molecule has 1 aromatic rings. The van der Waals surface area contributed by atoms with Gasteiger partial charge in [0.25, 0.3) is 6.43 Å². The minimum atomic E-state index is -3.10. The van der Waals surface area contributed by atoms with Gasteiger partial charge in [0, 0.05) is 12.1 Å². The molecule has 1 heterocycles. The van der Waals surface area contributed by atoms with Crippen LogP contribution in [0.3, 0.4) is 0 Å². The third-order valence-corrected chi connectivity index (χ3v) is 1.98. The van der Waals surface area contributed by atoms with Crippen LogP contribution in [0.5, 0.6) is 0 Å². The fraction of sp³-hybridized carbons (Fsp3) is 0.400. The number of hydrogen-bond acceptors (Lipinski definition) is 4. The fourth-order valence-electron chi connectivity index (χ4n) is 1.23. The van der Waals surface area contributed by atoms with Gasteiger partial charge in [-0.3, -0.25) is 0 Å². The average Bonchev–Trinajstić information content (AvgIpc) is 2.28. The highest BCUT2D eigenvalue weighted by molar-refractivity contribution is 5.89. The summed E-state index contributed by atoms with van der Waals surface area (Å²) < 4.78 is 42.6. The number of halogens is 3. The number of esters is 1. The van der Waals surface area contributed by atoms with Gasteiger partial charge in [0.15, 0.2) is 11.5 Å². The average molecular weight is 248 g/mol. The van der Waals surface area contributed by atoms with Gasteiger partial charge in [0.2, 0.25) is 0 Å². The van der Waals surface area contributed by atoms with Gasteiger partial charge in [-0.15, -0.1) is 0 Å². The first kappa shape index (κ1) is 13.4. The number of carbonyl (C=O) groups is 1. The second-order valence-corrected chi connectivity index (χ2v) is 3.09. The Labute approximate surface area is 95.6 Å². The van der Waals surface area contributed by atoms with E-state index in [1.54, 1.807) is 6.92 Å². The van der Waals surface area contributed by atoms with Crippen LogP contribution in [0.2, 0.25) is 0 Å². The molecular formula is C10H11F3N2O2. The molecule has 17 heavy (non-hydrogen) atoms. The number of ether oxygens (including phenoxy) is 1. The Balaban J connectivity index is 3.26. The second kappa shape index (κ2) is 5.62. The number of rotatable bonds is 4. The van der Waals surface area contributed by atoms with Crippen LogP contribution < -0.4 is 5.73 Å². The Bertz CT molecular complexity index is 424. The van der Waals surface area contributed by atoms with Crippen LogP contribution in [0.1, 0.15) is 35.1 Å². The first-order chi connectivity index (χ1) is 8.01. The maximum absolute atomic E-state index is 13.2. The molecule has 0 aliphatic heterocycles. The van der Waals surface area contributed by atoms with Crippen molar-refractivity contribution in [1.29, 1.82) is 0 Å². The third-order valence-electron chi connectivity index (χ3n) is 1.98. The van der Waals surface area contributed by atoms with Crippen LogP contribution in [-0.2, 0) is 11.3 Å². The predicted octanol–water partition coefficient (Wildman–Crippen LogP) is 1.79. The van der Waals surface area contributed by atoms with E-state index in [0.717, 1.165) is 6.07 Å². The summed E-state index contributed by atoms with van der Waals surface area (Å²) >= 11 is 0. The lowest BCUT2D eigenvalue weighted by Gasteiger charge is -2.09. The Hall–Kier alpha value is -1.63. The van der Waals surface area contributed by atoms with Gasteiger partial charge < -0.3 is 10.5 Å². The first-order valence-electron chi connectivity index (χ1n) is 4.85. The number of alkyl halides is 2. The Kier molecular flexibility index (Phi) is 4.45. The molecule has 0 aliphatic rings. The number of pyridine rings is 1. The highest BCUT2D eigenvalue weighted by atomic mass is 19.3. The largest absolute Gasteiger partial charge is 0.461 e. The van der Waals surface area contributed by atoms with Crippen LogP contribution in [0.15, 0.2) is 6.07 Å². The van der Waals surface area contributed by atoms with E-state index in [9.17, 15) is 18.0 Å².